The van der Waals surface area contributed by atoms with E-state index in [1.54, 1.807) is 20.3 Å². The molecule has 0 aliphatic carbocycles. The second kappa shape index (κ2) is 4.63. The zero-order valence-electron chi connectivity index (χ0n) is 10.0. The van der Waals surface area contributed by atoms with E-state index in [4.69, 9.17) is 9.15 Å². The van der Waals surface area contributed by atoms with Gasteiger partial charge in [0, 0.05) is 6.42 Å². The van der Waals surface area contributed by atoms with Crippen LogP contribution in [0, 0.1) is 0 Å². The van der Waals surface area contributed by atoms with E-state index in [2.05, 4.69) is 0 Å². The summed E-state index contributed by atoms with van der Waals surface area (Å²) in [6, 6.07) is 11.1. The van der Waals surface area contributed by atoms with Crippen LogP contribution in [-0.2, 0) is 12.0 Å². The average Bonchev–Trinajstić information content (AvgIpc) is 2.81. The Hall–Kier alpha value is -1.74. The standard InChI is InChI=1S/C14H16O3/c1-14(15,10-13-7-4-8-17-13)11-5-3-6-12(9-11)16-2/h3-9,15H,10H2,1-2H3. The van der Waals surface area contributed by atoms with Crippen LogP contribution >= 0.6 is 0 Å². The van der Waals surface area contributed by atoms with Gasteiger partial charge in [-0.2, -0.15) is 0 Å². The van der Waals surface area contributed by atoms with Crippen molar-refractivity contribution >= 4 is 0 Å². The lowest BCUT2D eigenvalue weighted by Gasteiger charge is -2.23. The molecule has 3 nitrogen and oxygen atoms in total. The molecule has 0 saturated heterocycles. The number of furan rings is 1. The van der Waals surface area contributed by atoms with E-state index in [1.807, 2.05) is 36.4 Å². The topological polar surface area (TPSA) is 42.6 Å². The first-order valence-electron chi connectivity index (χ1n) is 5.51. The number of benzene rings is 1. The second-order valence-corrected chi connectivity index (χ2v) is 4.26. The van der Waals surface area contributed by atoms with Gasteiger partial charge < -0.3 is 14.3 Å². The molecular weight excluding hydrogens is 216 g/mol. The number of methoxy groups -OCH3 is 1. The molecule has 0 fully saturated rings. The van der Waals surface area contributed by atoms with E-state index in [-0.39, 0.29) is 0 Å². The highest BCUT2D eigenvalue weighted by molar-refractivity contribution is 5.32. The molecule has 1 N–H and O–H groups in total. The van der Waals surface area contributed by atoms with Crippen LogP contribution in [-0.4, -0.2) is 12.2 Å². The third kappa shape index (κ3) is 2.68. The van der Waals surface area contributed by atoms with Gasteiger partial charge in [-0.25, -0.2) is 0 Å². The molecule has 1 atom stereocenters. The van der Waals surface area contributed by atoms with Crippen LogP contribution < -0.4 is 4.74 Å². The van der Waals surface area contributed by atoms with Gasteiger partial charge in [-0.3, -0.25) is 0 Å². The average molecular weight is 232 g/mol. The summed E-state index contributed by atoms with van der Waals surface area (Å²) in [6.07, 6.45) is 2.05. The summed E-state index contributed by atoms with van der Waals surface area (Å²) in [5.41, 5.74) is -0.153. The molecule has 1 unspecified atom stereocenters. The second-order valence-electron chi connectivity index (χ2n) is 4.26. The summed E-state index contributed by atoms with van der Waals surface area (Å²) in [5, 5.41) is 10.5. The summed E-state index contributed by atoms with van der Waals surface area (Å²) in [5.74, 6) is 1.50. The lowest BCUT2D eigenvalue weighted by Crippen LogP contribution is -2.23. The van der Waals surface area contributed by atoms with Crippen molar-refractivity contribution < 1.29 is 14.3 Å². The van der Waals surface area contributed by atoms with Gasteiger partial charge in [-0.15, -0.1) is 0 Å². The van der Waals surface area contributed by atoms with Crippen molar-refractivity contribution in [3.05, 3.63) is 54.0 Å². The van der Waals surface area contributed by atoms with Crippen LogP contribution in [0.5, 0.6) is 5.75 Å². The molecule has 0 spiro atoms. The molecule has 90 valence electrons. The van der Waals surface area contributed by atoms with E-state index in [9.17, 15) is 5.11 Å². The number of rotatable bonds is 4. The largest absolute Gasteiger partial charge is 0.497 e. The highest BCUT2D eigenvalue weighted by Gasteiger charge is 2.25. The van der Waals surface area contributed by atoms with Gasteiger partial charge in [0.1, 0.15) is 11.5 Å². The summed E-state index contributed by atoms with van der Waals surface area (Å²) in [4.78, 5) is 0. The van der Waals surface area contributed by atoms with E-state index in [1.165, 1.54) is 0 Å². The summed E-state index contributed by atoms with van der Waals surface area (Å²) >= 11 is 0. The number of hydrogen-bond donors (Lipinski definition) is 1. The van der Waals surface area contributed by atoms with Crippen LogP contribution in [0.1, 0.15) is 18.2 Å². The van der Waals surface area contributed by atoms with Crippen LogP contribution in [0.2, 0.25) is 0 Å². The monoisotopic (exact) mass is 232 g/mol. The predicted molar refractivity (Wildman–Crippen MR) is 65.0 cm³/mol. The SMILES string of the molecule is COc1cccc(C(C)(O)Cc2ccco2)c1. The van der Waals surface area contributed by atoms with Gasteiger partial charge in [-0.05, 0) is 36.8 Å². The van der Waals surface area contributed by atoms with Gasteiger partial charge in [0.2, 0.25) is 0 Å². The molecule has 17 heavy (non-hydrogen) atoms. The Labute approximate surface area is 101 Å². The van der Waals surface area contributed by atoms with Crippen molar-refractivity contribution in [1.29, 1.82) is 0 Å². The molecule has 1 aromatic carbocycles. The first-order chi connectivity index (χ1) is 8.12. The Morgan fingerprint density at radius 1 is 1.29 bits per heavy atom. The minimum absolute atomic E-state index is 0.438. The van der Waals surface area contributed by atoms with Crippen molar-refractivity contribution in [2.45, 2.75) is 18.9 Å². The van der Waals surface area contributed by atoms with Crippen LogP contribution in [0.15, 0.2) is 47.1 Å². The lowest BCUT2D eigenvalue weighted by atomic mass is 9.91. The lowest BCUT2D eigenvalue weighted by molar-refractivity contribution is 0.0519. The van der Waals surface area contributed by atoms with Crippen molar-refractivity contribution in [3.8, 4) is 5.75 Å². The molecule has 0 radical (unpaired) electrons. The molecule has 2 aromatic rings. The zero-order valence-corrected chi connectivity index (χ0v) is 10.0. The number of hydrogen-bond acceptors (Lipinski definition) is 3. The molecule has 0 saturated carbocycles. The van der Waals surface area contributed by atoms with Crippen molar-refractivity contribution in [2.75, 3.05) is 7.11 Å². The Bertz CT molecular complexity index is 472. The third-order valence-electron chi connectivity index (χ3n) is 2.79. The summed E-state index contributed by atoms with van der Waals surface area (Å²) < 4.78 is 10.4. The first-order valence-corrected chi connectivity index (χ1v) is 5.51. The molecule has 1 aromatic heterocycles. The Balaban J connectivity index is 2.24. The van der Waals surface area contributed by atoms with Crippen molar-refractivity contribution in [3.63, 3.8) is 0 Å². The maximum absolute atomic E-state index is 10.5. The van der Waals surface area contributed by atoms with Crippen LogP contribution in [0.25, 0.3) is 0 Å². The van der Waals surface area contributed by atoms with Gasteiger partial charge in [0.15, 0.2) is 0 Å². The molecule has 1 heterocycles. The van der Waals surface area contributed by atoms with Gasteiger partial charge in [0.05, 0.1) is 19.0 Å². The highest BCUT2D eigenvalue weighted by atomic mass is 16.5. The van der Waals surface area contributed by atoms with E-state index >= 15 is 0 Å². The normalized spacial score (nSPS) is 14.3. The van der Waals surface area contributed by atoms with E-state index in [0.717, 1.165) is 17.1 Å². The van der Waals surface area contributed by atoms with Gasteiger partial charge >= 0.3 is 0 Å². The molecular formula is C14H16O3. The van der Waals surface area contributed by atoms with Crippen molar-refractivity contribution in [2.24, 2.45) is 0 Å². The minimum Gasteiger partial charge on any atom is -0.497 e. The first kappa shape index (κ1) is 11.7. The van der Waals surface area contributed by atoms with Gasteiger partial charge in [0.25, 0.3) is 0 Å². The smallest absolute Gasteiger partial charge is 0.119 e. The number of aliphatic hydroxyl groups is 1. The van der Waals surface area contributed by atoms with Crippen LogP contribution in [0.3, 0.4) is 0 Å². The van der Waals surface area contributed by atoms with Crippen molar-refractivity contribution in [1.82, 2.24) is 0 Å². The fourth-order valence-corrected chi connectivity index (χ4v) is 1.81. The summed E-state index contributed by atoms with van der Waals surface area (Å²) in [6.45, 7) is 1.77. The minimum atomic E-state index is -0.966. The molecule has 0 aliphatic rings. The molecule has 2 rings (SSSR count). The third-order valence-corrected chi connectivity index (χ3v) is 2.79. The fraction of sp³-hybridized carbons (Fsp3) is 0.286. The fourth-order valence-electron chi connectivity index (χ4n) is 1.81. The Kier molecular flexibility index (Phi) is 3.20. The highest BCUT2D eigenvalue weighted by Crippen LogP contribution is 2.27. The Morgan fingerprint density at radius 2 is 2.12 bits per heavy atom. The zero-order chi connectivity index (χ0) is 12.3. The molecule has 0 amide bonds. The Morgan fingerprint density at radius 3 is 2.76 bits per heavy atom. The quantitative estimate of drug-likeness (QED) is 0.881. The van der Waals surface area contributed by atoms with E-state index < -0.39 is 5.60 Å². The predicted octanol–water partition coefficient (Wildman–Crippen LogP) is 2.74. The molecule has 0 bridgehead atoms. The van der Waals surface area contributed by atoms with Crippen LogP contribution in [0.4, 0.5) is 0 Å². The maximum Gasteiger partial charge on any atom is 0.119 e. The van der Waals surface area contributed by atoms with E-state index in [0.29, 0.717) is 6.42 Å². The summed E-state index contributed by atoms with van der Waals surface area (Å²) in [7, 11) is 1.61. The molecule has 3 heteroatoms. The van der Waals surface area contributed by atoms with Gasteiger partial charge in [-0.1, -0.05) is 12.1 Å². The number of ether oxygens (including phenoxy) is 1. The maximum atomic E-state index is 10.5. The molecule has 0 aliphatic heterocycles.